The zero-order valence-electron chi connectivity index (χ0n) is 21.1. The van der Waals surface area contributed by atoms with Crippen LogP contribution < -0.4 is 20.1 Å². The lowest BCUT2D eigenvalue weighted by Gasteiger charge is -2.30. The fraction of sp³-hybridized carbons (Fsp3) is 0.323. The van der Waals surface area contributed by atoms with Crippen molar-refractivity contribution >= 4 is 17.2 Å². The average molecular weight is 483 g/mol. The molecule has 3 aromatic carbocycles. The molecule has 5 nitrogen and oxygen atoms in total. The Bertz CT molecular complexity index is 1250. The molecule has 2 aliphatic rings. The Morgan fingerprint density at radius 1 is 0.861 bits per heavy atom. The first-order valence-electron chi connectivity index (χ1n) is 13.0. The van der Waals surface area contributed by atoms with E-state index in [4.69, 9.17) is 9.47 Å². The van der Waals surface area contributed by atoms with E-state index in [1.165, 1.54) is 0 Å². The molecule has 2 unspecified atom stereocenters. The number of rotatable bonds is 8. The molecule has 0 bridgehead atoms. The molecular weight excluding hydrogens is 448 g/mol. The van der Waals surface area contributed by atoms with Crippen LogP contribution >= 0.6 is 0 Å². The zero-order chi connectivity index (χ0) is 24.9. The first kappa shape index (κ1) is 24.0. The molecule has 186 valence electrons. The van der Waals surface area contributed by atoms with Crippen molar-refractivity contribution in [3.63, 3.8) is 0 Å². The summed E-state index contributed by atoms with van der Waals surface area (Å²) >= 11 is 0. The number of ketones is 1. The van der Waals surface area contributed by atoms with Gasteiger partial charge in [0.1, 0.15) is 11.5 Å². The number of allylic oxidation sites excluding steroid dienone is 1. The maximum atomic E-state index is 13.8. The number of fused-ring (bicyclic) bond motifs is 1. The Morgan fingerprint density at radius 3 is 2.39 bits per heavy atom. The van der Waals surface area contributed by atoms with E-state index in [0.29, 0.717) is 19.6 Å². The van der Waals surface area contributed by atoms with Crippen LogP contribution in [0.25, 0.3) is 0 Å². The molecule has 5 heteroatoms. The van der Waals surface area contributed by atoms with E-state index in [2.05, 4.69) is 47.9 Å². The summed E-state index contributed by atoms with van der Waals surface area (Å²) in [5.41, 5.74) is 5.90. The Hall–Kier alpha value is -3.73. The first-order chi connectivity index (χ1) is 17.7. The van der Waals surface area contributed by atoms with E-state index in [9.17, 15) is 4.79 Å². The van der Waals surface area contributed by atoms with E-state index >= 15 is 0 Å². The highest BCUT2D eigenvalue weighted by Gasteiger charge is 2.37. The quantitative estimate of drug-likeness (QED) is 0.331. The molecule has 1 heterocycles. The van der Waals surface area contributed by atoms with Crippen LogP contribution in [-0.2, 0) is 4.79 Å². The van der Waals surface area contributed by atoms with E-state index in [1.54, 1.807) is 0 Å². The Balaban J connectivity index is 1.53. The van der Waals surface area contributed by atoms with Crippen LogP contribution in [0.3, 0.4) is 0 Å². The summed E-state index contributed by atoms with van der Waals surface area (Å²) in [7, 11) is 0. The smallest absolute Gasteiger partial charge is 0.163 e. The zero-order valence-corrected chi connectivity index (χ0v) is 21.1. The molecule has 1 aliphatic carbocycles. The molecule has 0 amide bonds. The van der Waals surface area contributed by atoms with Crippen LogP contribution in [0.5, 0.6) is 11.5 Å². The van der Waals surface area contributed by atoms with Crippen molar-refractivity contribution in [1.82, 2.24) is 0 Å². The van der Waals surface area contributed by atoms with Gasteiger partial charge in [-0.15, -0.1) is 0 Å². The Morgan fingerprint density at radius 2 is 1.61 bits per heavy atom. The van der Waals surface area contributed by atoms with Gasteiger partial charge in [0, 0.05) is 23.3 Å². The maximum Gasteiger partial charge on any atom is 0.163 e. The van der Waals surface area contributed by atoms with E-state index in [-0.39, 0.29) is 17.7 Å². The van der Waals surface area contributed by atoms with Crippen LogP contribution in [0.2, 0.25) is 0 Å². The largest absolute Gasteiger partial charge is 0.494 e. The average Bonchev–Trinajstić information content (AvgIpc) is 3.07. The van der Waals surface area contributed by atoms with Crippen molar-refractivity contribution < 1.29 is 14.3 Å². The van der Waals surface area contributed by atoms with Gasteiger partial charge in [-0.25, -0.2) is 0 Å². The summed E-state index contributed by atoms with van der Waals surface area (Å²) in [6, 6.07) is 24.1. The number of hydrogen-bond donors (Lipinski definition) is 2. The maximum absolute atomic E-state index is 13.8. The molecule has 0 saturated carbocycles. The molecule has 0 aromatic heterocycles. The standard InChI is InChI=1S/C31H34N2O3/c1-3-5-18-36-29-13-9-6-10-24(29)31-30-27(32-25-11-7-8-12-26(25)33-31)19-22(20-28(30)34)21-14-16-23(17-15-21)35-4-2/h6-17,22,31-33H,3-5,18-20H2,1-2H3. The minimum absolute atomic E-state index is 0.112. The SMILES string of the molecule is CCCCOc1ccccc1C1Nc2ccccc2NC2=C1C(=O)CC(c1ccc(OCC)cc1)C2. The van der Waals surface area contributed by atoms with E-state index in [0.717, 1.165) is 64.5 Å². The molecule has 3 aromatic rings. The normalized spacial score (nSPS) is 18.9. The summed E-state index contributed by atoms with van der Waals surface area (Å²) in [4.78, 5) is 13.8. The van der Waals surface area contributed by atoms with Gasteiger partial charge in [0.05, 0.1) is 30.6 Å². The highest BCUT2D eigenvalue weighted by Crippen LogP contribution is 2.45. The number of hydrogen-bond acceptors (Lipinski definition) is 5. The molecule has 36 heavy (non-hydrogen) atoms. The Labute approximate surface area is 213 Å². The van der Waals surface area contributed by atoms with Gasteiger partial charge in [-0.05, 0) is 61.6 Å². The van der Waals surface area contributed by atoms with Gasteiger partial charge in [0.2, 0.25) is 0 Å². The van der Waals surface area contributed by atoms with Gasteiger partial charge in [-0.1, -0.05) is 55.8 Å². The van der Waals surface area contributed by atoms with Crippen molar-refractivity contribution in [1.29, 1.82) is 0 Å². The lowest BCUT2D eigenvalue weighted by molar-refractivity contribution is -0.116. The molecule has 5 rings (SSSR count). The fourth-order valence-electron chi connectivity index (χ4n) is 5.14. The van der Waals surface area contributed by atoms with Gasteiger partial charge in [0.15, 0.2) is 5.78 Å². The Kier molecular flexibility index (Phi) is 7.26. The lowest BCUT2D eigenvalue weighted by atomic mass is 9.78. The number of nitrogens with one attached hydrogen (secondary N) is 2. The first-order valence-corrected chi connectivity index (χ1v) is 13.0. The number of benzene rings is 3. The predicted molar refractivity (Wildman–Crippen MR) is 145 cm³/mol. The number of unbranched alkanes of at least 4 members (excludes halogenated alkanes) is 1. The summed E-state index contributed by atoms with van der Waals surface area (Å²) in [5.74, 6) is 1.96. The summed E-state index contributed by atoms with van der Waals surface area (Å²) in [5, 5.41) is 7.30. The van der Waals surface area contributed by atoms with Gasteiger partial charge < -0.3 is 20.1 Å². The van der Waals surface area contributed by atoms with Crippen LogP contribution in [0.4, 0.5) is 11.4 Å². The fourth-order valence-corrected chi connectivity index (χ4v) is 5.14. The number of Topliss-reactive ketones (excluding diaryl/α,β-unsaturated/α-hetero) is 1. The number of ether oxygens (including phenoxy) is 2. The minimum Gasteiger partial charge on any atom is -0.494 e. The summed E-state index contributed by atoms with van der Waals surface area (Å²) < 4.78 is 11.8. The lowest BCUT2D eigenvalue weighted by Crippen LogP contribution is -2.27. The van der Waals surface area contributed by atoms with Gasteiger partial charge in [0.25, 0.3) is 0 Å². The van der Waals surface area contributed by atoms with Crippen LogP contribution in [-0.4, -0.2) is 19.0 Å². The third-order valence-corrected chi connectivity index (χ3v) is 6.96. The van der Waals surface area contributed by atoms with Crippen molar-refractivity contribution in [3.8, 4) is 11.5 Å². The number of para-hydroxylation sites is 3. The molecule has 0 radical (unpaired) electrons. The minimum atomic E-state index is -0.289. The third-order valence-electron chi connectivity index (χ3n) is 6.96. The monoisotopic (exact) mass is 482 g/mol. The second kappa shape index (κ2) is 10.9. The number of carbonyl (C=O) groups excluding carboxylic acids is 1. The highest BCUT2D eigenvalue weighted by molar-refractivity contribution is 6.01. The molecule has 1 aliphatic heterocycles. The van der Waals surface area contributed by atoms with Crippen LogP contribution in [0, 0.1) is 0 Å². The second-order valence-corrected chi connectivity index (χ2v) is 9.41. The van der Waals surface area contributed by atoms with Crippen LogP contribution in [0.1, 0.15) is 62.6 Å². The number of carbonyl (C=O) groups is 1. The van der Waals surface area contributed by atoms with E-state index in [1.807, 2.05) is 49.4 Å². The predicted octanol–water partition coefficient (Wildman–Crippen LogP) is 7.24. The third kappa shape index (κ3) is 4.97. The van der Waals surface area contributed by atoms with Gasteiger partial charge in [-0.2, -0.15) is 0 Å². The van der Waals surface area contributed by atoms with Crippen molar-refractivity contribution in [2.24, 2.45) is 0 Å². The molecule has 2 N–H and O–H groups in total. The van der Waals surface area contributed by atoms with Crippen molar-refractivity contribution in [3.05, 3.63) is 95.2 Å². The molecular formula is C31H34N2O3. The molecule has 0 fully saturated rings. The van der Waals surface area contributed by atoms with Crippen LogP contribution in [0.15, 0.2) is 84.1 Å². The van der Waals surface area contributed by atoms with Gasteiger partial charge >= 0.3 is 0 Å². The summed E-state index contributed by atoms with van der Waals surface area (Å²) in [6.45, 7) is 5.44. The molecule has 0 spiro atoms. The van der Waals surface area contributed by atoms with Crippen molar-refractivity contribution in [2.45, 2.75) is 51.5 Å². The van der Waals surface area contributed by atoms with E-state index < -0.39 is 0 Å². The highest BCUT2D eigenvalue weighted by atomic mass is 16.5. The molecule has 0 saturated heterocycles. The second-order valence-electron chi connectivity index (χ2n) is 9.41. The van der Waals surface area contributed by atoms with Gasteiger partial charge in [-0.3, -0.25) is 4.79 Å². The van der Waals surface area contributed by atoms with Crippen molar-refractivity contribution in [2.75, 3.05) is 23.8 Å². The summed E-state index contributed by atoms with van der Waals surface area (Å²) in [6.07, 6.45) is 3.30. The molecule has 2 atom stereocenters. The topological polar surface area (TPSA) is 59.6 Å². The number of anilines is 2.